The molecule has 0 bridgehead atoms. The van der Waals surface area contributed by atoms with E-state index in [1.54, 1.807) is 41.5 Å². The summed E-state index contributed by atoms with van der Waals surface area (Å²) in [6.45, 7) is 10.8. The van der Waals surface area contributed by atoms with Gasteiger partial charge in [-0.15, -0.1) is 0 Å². The fourth-order valence-electron chi connectivity index (χ4n) is 3.69. The molecule has 1 aliphatic heterocycles. The molecule has 8 heteroatoms. The Labute approximate surface area is 181 Å². The Hall–Kier alpha value is -2.64. The van der Waals surface area contributed by atoms with Crippen molar-refractivity contribution in [2.75, 3.05) is 13.1 Å². The van der Waals surface area contributed by atoms with Crippen LogP contribution in [0, 0.1) is 5.82 Å². The van der Waals surface area contributed by atoms with E-state index in [4.69, 9.17) is 9.47 Å². The average Bonchev–Trinajstić information content (AvgIpc) is 2.97. The molecular weight excluding hydrogens is 406 g/mol. The van der Waals surface area contributed by atoms with Gasteiger partial charge in [0.15, 0.2) is 0 Å². The van der Waals surface area contributed by atoms with E-state index in [2.05, 4.69) is 0 Å². The molecule has 31 heavy (non-hydrogen) atoms. The Morgan fingerprint density at radius 3 is 2.26 bits per heavy atom. The maximum absolute atomic E-state index is 15.0. The van der Waals surface area contributed by atoms with E-state index >= 15 is 4.39 Å². The molecule has 0 spiro atoms. The van der Waals surface area contributed by atoms with Crippen LogP contribution in [0.1, 0.15) is 59.4 Å². The molecule has 2 unspecified atom stereocenters. The zero-order chi connectivity index (χ0) is 23.1. The number of likely N-dealkylation sites (tertiary alicyclic amines) is 1. The molecule has 0 saturated carbocycles. The molecule has 170 valence electrons. The summed E-state index contributed by atoms with van der Waals surface area (Å²) in [6.07, 6.45) is -0.768. The highest BCUT2D eigenvalue weighted by Crippen LogP contribution is 2.36. The second-order valence-corrected chi connectivity index (χ2v) is 9.93. The summed E-state index contributed by atoms with van der Waals surface area (Å²) in [5.41, 5.74) is -0.585. The van der Waals surface area contributed by atoms with Crippen LogP contribution in [0.15, 0.2) is 24.4 Å². The van der Waals surface area contributed by atoms with Crippen molar-refractivity contribution in [3.05, 3.63) is 35.8 Å². The first-order chi connectivity index (χ1) is 14.2. The number of hydrogen-bond donors (Lipinski definition) is 0. The Balaban J connectivity index is 1.99. The molecule has 6 nitrogen and oxygen atoms in total. The van der Waals surface area contributed by atoms with Gasteiger partial charge in [0.2, 0.25) is 0 Å². The molecule has 2 aromatic rings. The van der Waals surface area contributed by atoms with Crippen LogP contribution in [0.2, 0.25) is 0 Å². The molecular formula is C23H30F2N2O4. The third-order valence-electron chi connectivity index (χ3n) is 4.97. The lowest BCUT2D eigenvalue weighted by atomic mass is 9.89. The van der Waals surface area contributed by atoms with Gasteiger partial charge in [-0.25, -0.2) is 18.4 Å². The molecule has 0 radical (unpaired) electrons. The van der Waals surface area contributed by atoms with Crippen LogP contribution in [-0.4, -0.2) is 52.1 Å². The first-order valence-corrected chi connectivity index (χ1v) is 10.4. The lowest BCUT2D eigenvalue weighted by Crippen LogP contribution is -2.45. The average molecular weight is 436 g/mol. The number of benzene rings is 1. The van der Waals surface area contributed by atoms with Crippen LogP contribution >= 0.6 is 0 Å². The largest absolute Gasteiger partial charge is 0.444 e. The van der Waals surface area contributed by atoms with Crippen LogP contribution < -0.4 is 0 Å². The fraction of sp³-hybridized carbons (Fsp3) is 0.565. The van der Waals surface area contributed by atoms with Gasteiger partial charge in [0.1, 0.15) is 23.2 Å². The van der Waals surface area contributed by atoms with Gasteiger partial charge in [0.05, 0.1) is 5.52 Å². The van der Waals surface area contributed by atoms with Crippen molar-refractivity contribution >= 4 is 23.1 Å². The van der Waals surface area contributed by atoms with E-state index < -0.39 is 41.3 Å². The minimum Gasteiger partial charge on any atom is -0.444 e. The number of piperidine rings is 1. The third-order valence-corrected chi connectivity index (χ3v) is 4.97. The molecule has 1 aromatic carbocycles. The van der Waals surface area contributed by atoms with Crippen molar-refractivity contribution in [1.29, 1.82) is 0 Å². The number of nitrogens with zero attached hydrogens (tertiary/aromatic N) is 2. The zero-order valence-electron chi connectivity index (χ0n) is 18.9. The standard InChI is InChI=1S/C23H30F2N2O4/c1-22(2,3)30-20(28)26-10-9-18(25)17(12-26)16-13-27(21(29)31-23(4,5)6)19-11-14(24)7-8-15(16)19/h7-8,11,13,17-18H,9-10,12H2,1-6H3. The molecule has 2 atom stereocenters. The van der Waals surface area contributed by atoms with Crippen molar-refractivity contribution in [3.63, 3.8) is 0 Å². The lowest BCUT2D eigenvalue weighted by Gasteiger charge is -2.36. The maximum atomic E-state index is 15.0. The fourth-order valence-corrected chi connectivity index (χ4v) is 3.69. The van der Waals surface area contributed by atoms with Gasteiger partial charge in [-0.3, -0.25) is 4.57 Å². The highest BCUT2D eigenvalue weighted by molar-refractivity contribution is 5.92. The number of hydrogen-bond acceptors (Lipinski definition) is 4. The van der Waals surface area contributed by atoms with Crippen molar-refractivity contribution in [2.24, 2.45) is 0 Å². The van der Waals surface area contributed by atoms with Crippen molar-refractivity contribution in [1.82, 2.24) is 9.47 Å². The molecule has 2 heterocycles. The molecule has 1 amide bonds. The predicted molar refractivity (Wildman–Crippen MR) is 114 cm³/mol. The first kappa shape index (κ1) is 23.0. The Morgan fingerprint density at radius 1 is 1.03 bits per heavy atom. The van der Waals surface area contributed by atoms with E-state index in [0.717, 1.165) is 0 Å². The molecule has 1 aliphatic rings. The monoisotopic (exact) mass is 436 g/mol. The smallest absolute Gasteiger partial charge is 0.419 e. The lowest BCUT2D eigenvalue weighted by molar-refractivity contribution is 0.0134. The second kappa shape index (κ2) is 8.13. The number of halogens is 2. The van der Waals surface area contributed by atoms with Crippen LogP contribution in [0.5, 0.6) is 0 Å². The second-order valence-electron chi connectivity index (χ2n) is 9.93. The van der Waals surface area contributed by atoms with Crippen LogP contribution in [-0.2, 0) is 9.47 Å². The van der Waals surface area contributed by atoms with Gasteiger partial charge in [-0.1, -0.05) is 0 Å². The van der Waals surface area contributed by atoms with Gasteiger partial charge in [0.25, 0.3) is 0 Å². The quantitative estimate of drug-likeness (QED) is 0.582. The minimum atomic E-state index is -1.22. The van der Waals surface area contributed by atoms with Gasteiger partial charge in [-0.05, 0) is 71.7 Å². The Kier molecular flexibility index (Phi) is 6.04. The summed E-state index contributed by atoms with van der Waals surface area (Å²) < 4.78 is 41.1. The first-order valence-electron chi connectivity index (χ1n) is 10.4. The topological polar surface area (TPSA) is 60.8 Å². The number of ether oxygens (including phenoxy) is 2. The number of amides is 1. The zero-order valence-corrected chi connectivity index (χ0v) is 18.9. The normalized spacial score (nSPS) is 20.1. The Morgan fingerprint density at radius 2 is 1.65 bits per heavy atom. The maximum Gasteiger partial charge on any atom is 0.419 e. The SMILES string of the molecule is CC(C)(C)OC(=O)N1CCC(F)C(c2cn(C(=O)OC(C)(C)C)c3cc(F)ccc23)C1. The van der Waals surface area contributed by atoms with E-state index in [9.17, 15) is 14.0 Å². The summed E-state index contributed by atoms with van der Waals surface area (Å²) in [6, 6.07) is 4.03. The highest BCUT2D eigenvalue weighted by atomic mass is 19.1. The van der Waals surface area contributed by atoms with E-state index in [1.807, 2.05) is 0 Å². The van der Waals surface area contributed by atoms with Crippen molar-refractivity contribution in [3.8, 4) is 0 Å². The summed E-state index contributed by atoms with van der Waals surface area (Å²) in [5, 5.41) is 0.547. The van der Waals surface area contributed by atoms with E-state index in [-0.39, 0.29) is 19.5 Å². The van der Waals surface area contributed by atoms with Gasteiger partial charge >= 0.3 is 12.2 Å². The molecule has 1 fully saturated rings. The minimum absolute atomic E-state index is 0.0981. The van der Waals surface area contributed by atoms with E-state index in [0.29, 0.717) is 16.5 Å². The van der Waals surface area contributed by atoms with Gasteiger partial charge in [-0.2, -0.15) is 0 Å². The van der Waals surface area contributed by atoms with Crippen LogP contribution in [0.3, 0.4) is 0 Å². The van der Waals surface area contributed by atoms with Crippen LogP contribution in [0.4, 0.5) is 18.4 Å². The third kappa shape index (κ3) is 5.35. The molecule has 1 saturated heterocycles. The number of carbonyl (C=O) groups is 2. The van der Waals surface area contributed by atoms with E-state index in [1.165, 1.54) is 33.9 Å². The number of fused-ring (bicyclic) bond motifs is 1. The number of rotatable bonds is 1. The summed E-state index contributed by atoms with van der Waals surface area (Å²) in [4.78, 5) is 26.7. The highest BCUT2D eigenvalue weighted by Gasteiger charge is 2.36. The van der Waals surface area contributed by atoms with Crippen molar-refractivity contribution < 1.29 is 27.8 Å². The predicted octanol–water partition coefficient (Wildman–Crippen LogP) is 5.63. The number of aromatic nitrogens is 1. The van der Waals surface area contributed by atoms with Crippen molar-refractivity contribution in [2.45, 2.75) is 71.3 Å². The number of alkyl halides is 1. The molecule has 3 rings (SSSR count). The van der Waals surface area contributed by atoms with Gasteiger partial charge < -0.3 is 14.4 Å². The Bertz CT molecular complexity index is 988. The molecule has 0 N–H and O–H groups in total. The summed E-state index contributed by atoms with van der Waals surface area (Å²) in [7, 11) is 0. The summed E-state index contributed by atoms with van der Waals surface area (Å²) in [5.74, 6) is -1.20. The summed E-state index contributed by atoms with van der Waals surface area (Å²) >= 11 is 0. The number of carbonyl (C=O) groups excluding carboxylic acids is 2. The molecule has 1 aromatic heterocycles. The van der Waals surface area contributed by atoms with Gasteiger partial charge in [0, 0.05) is 30.6 Å². The molecule has 0 aliphatic carbocycles. The van der Waals surface area contributed by atoms with Crippen LogP contribution in [0.25, 0.3) is 10.9 Å².